The molecule has 0 aliphatic rings. The van der Waals surface area contributed by atoms with Gasteiger partial charge in [0, 0.05) is 34.8 Å². The molecule has 0 saturated heterocycles. The third-order valence-corrected chi connectivity index (χ3v) is 6.10. The molecule has 2 aromatic carbocycles. The van der Waals surface area contributed by atoms with Crippen LogP contribution in [-0.4, -0.2) is 36.0 Å². The fraction of sp³-hybridized carbons (Fsp3) is 0.107. The van der Waals surface area contributed by atoms with E-state index < -0.39 is 0 Å². The number of aromatic amines is 2. The second-order valence-corrected chi connectivity index (χ2v) is 8.94. The first-order chi connectivity index (χ1) is 17.6. The number of benzene rings is 2. The minimum atomic E-state index is -0.111. The van der Waals surface area contributed by atoms with E-state index in [1.807, 2.05) is 68.4 Å². The molecule has 0 radical (unpaired) electrons. The van der Waals surface area contributed by atoms with Crippen molar-refractivity contribution in [3.63, 3.8) is 0 Å². The summed E-state index contributed by atoms with van der Waals surface area (Å²) in [6.07, 6.45) is 5.22. The number of pyridine rings is 2. The minimum Gasteiger partial charge on any atom is -0.337 e. The van der Waals surface area contributed by atoms with Crippen molar-refractivity contribution in [2.45, 2.75) is 13.8 Å². The third-order valence-electron chi connectivity index (χ3n) is 6.10. The summed E-state index contributed by atoms with van der Waals surface area (Å²) in [6, 6.07) is 19.8. The summed E-state index contributed by atoms with van der Waals surface area (Å²) < 4.78 is 0. The van der Waals surface area contributed by atoms with Crippen LogP contribution in [0.1, 0.15) is 13.8 Å². The first-order valence-corrected chi connectivity index (χ1v) is 11.7. The van der Waals surface area contributed by atoms with Crippen molar-refractivity contribution in [1.29, 1.82) is 0 Å². The number of para-hydroxylation sites is 1. The lowest BCUT2D eigenvalue weighted by Crippen LogP contribution is -2.17. The Balaban J connectivity index is 1.41. The van der Waals surface area contributed by atoms with Gasteiger partial charge in [0.2, 0.25) is 5.91 Å². The Morgan fingerprint density at radius 1 is 0.944 bits per heavy atom. The Morgan fingerprint density at radius 2 is 1.86 bits per heavy atom. The maximum atomic E-state index is 12.1. The summed E-state index contributed by atoms with van der Waals surface area (Å²) in [4.78, 5) is 29.3. The van der Waals surface area contributed by atoms with Crippen molar-refractivity contribution in [2.24, 2.45) is 5.92 Å². The molecule has 1 amide bonds. The molecule has 0 spiro atoms. The number of hydrogen-bond acceptors (Lipinski definition) is 5. The number of amides is 1. The number of nitrogens with zero attached hydrogens (tertiary/aromatic N) is 4. The number of hydrogen-bond donors (Lipinski definition) is 3. The summed E-state index contributed by atoms with van der Waals surface area (Å²) in [5, 5.41) is 11.5. The number of nitrogens with one attached hydrogen (secondary N) is 3. The van der Waals surface area contributed by atoms with Crippen LogP contribution < -0.4 is 5.32 Å². The summed E-state index contributed by atoms with van der Waals surface area (Å²) in [6.45, 7) is 3.72. The number of imidazole rings is 1. The zero-order valence-electron chi connectivity index (χ0n) is 19.8. The SMILES string of the molecule is CC(C)C(=O)Nc1cncc(-c2ccc3[nH]nc(-c4nc5c(-c6ccccn6)cccc5[nH]4)c3c2)c1. The van der Waals surface area contributed by atoms with Gasteiger partial charge in [-0.05, 0) is 42.0 Å². The number of fused-ring (bicyclic) bond motifs is 2. The molecular weight excluding hydrogens is 450 g/mol. The quantitative estimate of drug-likeness (QED) is 0.292. The molecule has 176 valence electrons. The van der Waals surface area contributed by atoms with Crippen LogP contribution in [0.3, 0.4) is 0 Å². The van der Waals surface area contributed by atoms with Crippen molar-refractivity contribution >= 4 is 33.5 Å². The van der Waals surface area contributed by atoms with Gasteiger partial charge >= 0.3 is 0 Å². The predicted molar refractivity (Wildman–Crippen MR) is 141 cm³/mol. The molecule has 8 nitrogen and oxygen atoms in total. The first kappa shape index (κ1) is 21.7. The van der Waals surface area contributed by atoms with E-state index in [0.717, 1.165) is 50.0 Å². The highest BCUT2D eigenvalue weighted by atomic mass is 16.1. The van der Waals surface area contributed by atoms with Gasteiger partial charge in [0.15, 0.2) is 5.82 Å². The van der Waals surface area contributed by atoms with E-state index in [4.69, 9.17) is 4.98 Å². The van der Waals surface area contributed by atoms with Crippen molar-refractivity contribution in [1.82, 2.24) is 30.1 Å². The van der Waals surface area contributed by atoms with Gasteiger partial charge in [-0.25, -0.2) is 4.98 Å². The highest BCUT2D eigenvalue weighted by Gasteiger charge is 2.16. The van der Waals surface area contributed by atoms with Gasteiger partial charge in [0.05, 0.1) is 34.1 Å². The maximum Gasteiger partial charge on any atom is 0.226 e. The number of carbonyl (C=O) groups excluding carboxylic acids is 1. The van der Waals surface area contributed by atoms with Crippen LogP contribution >= 0.6 is 0 Å². The van der Waals surface area contributed by atoms with Gasteiger partial charge in [-0.3, -0.25) is 19.9 Å². The lowest BCUT2D eigenvalue weighted by molar-refractivity contribution is -0.118. The standard InChI is InChI=1S/C28H23N7O/c1-16(2)28(36)31-19-12-18(14-29-15-19)17-9-10-23-21(13-17)26(35-34-23)27-32-24-8-5-6-20(25(24)33-27)22-7-3-4-11-30-22/h3-16H,1-2H3,(H,31,36)(H,32,33)(H,34,35). The molecule has 0 atom stereocenters. The van der Waals surface area contributed by atoms with E-state index in [1.165, 1.54) is 0 Å². The second kappa shape index (κ2) is 8.74. The Labute approximate surface area is 206 Å². The number of carbonyl (C=O) groups is 1. The van der Waals surface area contributed by atoms with Crippen molar-refractivity contribution in [3.05, 3.63) is 79.3 Å². The monoisotopic (exact) mass is 473 g/mol. The van der Waals surface area contributed by atoms with E-state index in [0.29, 0.717) is 11.5 Å². The number of rotatable bonds is 5. The average Bonchev–Trinajstić information content (AvgIpc) is 3.53. The highest BCUT2D eigenvalue weighted by Crippen LogP contribution is 2.33. The zero-order chi connectivity index (χ0) is 24.6. The summed E-state index contributed by atoms with van der Waals surface area (Å²) >= 11 is 0. The Kier molecular flexibility index (Phi) is 5.26. The molecule has 3 N–H and O–H groups in total. The van der Waals surface area contributed by atoms with Crippen LogP contribution in [-0.2, 0) is 4.79 Å². The van der Waals surface area contributed by atoms with E-state index in [1.54, 1.807) is 18.6 Å². The smallest absolute Gasteiger partial charge is 0.226 e. The molecule has 0 aliphatic carbocycles. The fourth-order valence-electron chi connectivity index (χ4n) is 4.20. The fourth-order valence-corrected chi connectivity index (χ4v) is 4.20. The molecule has 0 unspecified atom stereocenters. The summed E-state index contributed by atoms with van der Waals surface area (Å²) in [5.74, 6) is 0.518. The predicted octanol–water partition coefficient (Wildman–Crippen LogP) is 5.82. The van der Waals surface area contributed by atoms with Crippen LogP contribution in [0.4, 0.5) is 5.69 Å². The normalized spacial score (nSPS) is 11.4. The van der Waals surface area contributed by atoms with Crippen molar-refractivity contribution < 1.29 is 4.79 Å². The molecule has 4 aromatic heterocycles. The second-order valence-electron chi connectivity index (χ2n) is 8.94. The average molecular weight is 474 g/mol. The van der Waals surface area contributed by atoms with Gasteiger partial charge in [0.1, 0.15) is 5.69 Å². The van der Waals surface area contributed by atoms with E-state index in [9.17, 15) is 4.79 Å². The van der Waals surface area contributed by atoms with Gasteiger partial charge in [-0.2, -0.15) is 5.10 Å². The van der Waals surface area contributed by atoms with Gasteiger partial charge in [0.25, 0.3) is 0 Å². The minimum absolute atomic E-state index is 0.0449. The molecule has 4 heterocycles. The molecular formula is C28H23N7O. The van der Waals surface area contributed by atoms with Crippen LogP contribution in [0.15, 0.2) is 79.3 Å². The van der Waals surface area contributed by atoms with Crippen LogP contribution in [0, 0.1) is 5.92 Å². The molecule has 36 heavy (non-hydrogen) atoms. The lowest BCUT2D eigenvalue weighted by atomic mass is 10.0. The van der Waals surface area contributed by atoms with Gasteiger partial charge < -0.3 is 10.3 Å². The maximum absolute atomic E-state index is 12.1. The summed E-state index contributed by atoms with van der Waals surface area (Å²) in [5.41, 5.74) is 7.74. The largest absolute Gasteiger partial charge is 0.337 e. The molecule has 6 rings (SSSR count). The molecule has 0 aliphatic heterocycles. The Morgan fingerprint density at radius 3 is 2.69 bits per heavy atom. The van der Waals surface area contributed by atoms with E-state index in [-0.39, 0.29) is 11.8 Å². The number of H-pyrrole nitrogens is 2. The van der Waals surface area contributed by atoms with E-state index in [2.05, 4.69) is 36.5 Å². The molecule has 0 saturated carbocycles. The molecule has 8 heteroatoms. The first-order valence-electron chi connectivity index (χ1n) is 11.7. The molecule has 6 aromatic rings. The van der Waals surface area contributed by atoms with Crippen LogP contribution in [0.5, 0.6) is 0 Å². The highest BCUT2D eigenvalue weighted by molar-refractivity contribution is 5.98. The van der Waals surface area contributed by atoms with Crippen molar-refractivity contribution in [3.8, 4) is 33.9 Å². The number of aromatic nitrogens is 6. The lowest BCUT2D eigenvalue weighted by Gasteiger charge is -2.09. The number of anilines is 1. The van der Waals surface area contributed by atoms with Gasteiger partial charge in [-0.15, -0.1) is 0 Å². The molecule has 0 bridgehead atoms. The van der Waals surface area contributed by atoms with Gasteiger partial charge in [-0.1, -0.05) is 38.1 Å². The third kappa shape index (κ3) is 3.88. The topological polar surface area (TPSA) is 112 Å². The van der Waals surface area contributed by atoms with E-state index >= 15 is 0 Å². The van der Waals surface area contributed by atoms with Crippen LogP contribution in [0.25, 0.3) is 55.8 Å². The van der Waals surface area contributed by atoms with Crippen LogP contribution in [0.2, 0.25) is 0 Å². The Bertz CT molecular complexity index is 1720. The summed E-state index contributed by atoms with van der Waals surface area (Å²) in [7, 11) is 0. The zero-order valence-corrected chi connectivity index (χ0v) is 19.8. The van der Waals surface area contributed by atoms with Crippen molar-refractivity contribution in [2.75, 3.05) is 5.32 Å². The molecule has 0 fully saturated rings. The Hall–Kier alpha value is -4.85.